The summed E-state index contributed by atoms with van der Waals surface area (Å²) in [6, 6.07) is 0. The predicted octanol–water partition coefficient (Wildman–Crippen LogP) is -1.25. The molecule has 0 aliphatic rings. The quantitative estimate of drug-likeness (QED) is 0.186. The van der Waals surface area contributed by atoms with Crippen LogP contribution >= 0.6 is 0 Å². The molecule has 0 amide bonds. The molecule has 0 aliphatic carbocycles. The topological polar surface area (TPSA) is 72.7 Å². The second-order valence-electron chi connectivity index (χ2n) is 3.59. The molecular formula is C12H20KNO3. The van der Waals surface area contributed by atoms with Gasteiger partial charge in [0.1, 0.15) is 0 Å². The summed E-state index contributed by atoms with van der Waals surface area (Å²) in [4.78, 5) is 13.9. The van der Waals surface area contributed by atoms with Gasteiger partial charge in [0, 0.05) is 13.0 Å². The van der Waals surface area contributed by atoms with Gasteiger partial charge in [0.2, 0.25) is 0 Å². The Bertz CT molecular complexity index is 252. The molecule has 17 heavy (non-hydrogen) atoms. The van der Waals surface area contributed by atoms with Crippen LogP contribution in [0.4, 0.5) is 0 Å². The first-order valence-corrected chi connectivity index (χ1v) is 5.74. The molecular weight excluding hydrogens is 245 g/mol. The number of aliphatic imine (C=N–C) groups is 1. The molecule has 0 aromatic rings. The number of carboxylic acid groups (broad SMARTS) is 1. The molecule has 0 fully saturated rings. The summed E-state index contributed by atoms with van der Waals surface area (Å²) in [5.41, 5.74) is 0. The van der Waals surface area contributed by atoms with Crippen molar-refractivity contribution in [1.82, 2.24) is 0 Å². The molecule has 0 atom stereocenters. The van der Waals surface area contributed by atoms with Crippen molar-refractivity contribution in [1.29, 1.82) is 0 Å². The first-order chi connectivity index (χ1) is 7.66. The summed E-state index contributed by atoms with van der Waals surface area (Å²) in [5.74, 6) is -1.01. The zero-order chi connectivity index (χ0) is 12.2. The van der Waals surface area contributed by atoms with Gasteiger partial charge in [0.15, 0.2) is 0 Å². The Morgan fingerprint density at radius 1 is 1.35 bits per heavy atom. The molecule has 0 heterocycles. The Morgan fingerprint density at radius 2 is 2.06 bits per heavy atom. The number of unbranched alkanes of at least 4 members (excludes halogenated alkanes) is 2. The summed E-state index contributed by atoms with van der Waals surface area (Å²) in [7, 11) is 0. The van der Waals surface area contributed by atoms with Gasteiger partial charge in [0.05, 0.1) is 0 Å². The molecule has 0 saturated carbocycles. The fraction of sp³-hybridized carbons (Fsp3) is 0.667. The first-order valence-electron chi connectivity index (χ1n) is 5.74. The van der Waals surface area contributed by atoms with E-state index in [1.165, 1.54) is 0 Å². The van der Waals surface area contributed by atoms with E-state index in [9.17, 15) is 9.90 Å². The van der Waals surface area contributed by atoms with Crippen LogP contribution in [-0.4, -0.2) is 23.5 Å². The zero-order valence-electron chi connectivity index (χ0n) is 10.8. The number of carbonyl (C=O) groups is 1. The van der Waals surface area contributed by atoms with Gasteiger partial charge in [-0.3, -0.25) is 4.79 Å². The van der Waals surface area contributed by atoms with Gasteiger partial charge in [0.25, 0.3) is 0 Å². The van der Waals surface area contributed by atoms with Crippen molar-refractivity contribution in [3.63, 3.8) is 0 Å². The van der Waals surface area contributed by atoms with E-state index >= 15 is 0 Å². The van der Waals surface area contributed by atoms with Crippen molar-refractivity contribution in [2.75, 3.05) is 6.54 Å². The van der Waals surface area contributed by atoms with Gasteiger partial charge in [-0.25, -0.2) is 0 Å². The number of aliphatic carboxylic acids is 1. The normalized spacial score (nSPS) is 11.5. The van der Waals surface area contributed by atoms with Gasteiger partial charge in [-0.05, 0) is 25.2 Å². The molecule has 0 aliphatic heterocycles. The monoisotopic (exact) mass is 265 g/mol. The van der Waals surface area contributed by atoms with Crippen LogP contribution in [0.5, 0.6) is 0 Å². The van der Waals surface area contributed by atoms with E-state index in [1.54, 1.807) is 0 Å². The van der Waals surface area contributed by atoms with E-state index in [2.05, 4.69) is 11.9 Å². The summed E-state index contributed by atoms with van der Waals surface area (Å²) in [5, 5.41) is 19.5. The molecule has 0 unspecified atom stereocenters. The average molecular weight is 265 g/mol. The van der Waals surface area contributed by atoms with E-state index in [4.69, 9.17) is 5.11 Å². The molecule has 4 nitrogen and oxygen atoms in total. The van der Waals surface area contributed by atoms with E-state index in [-0.39, 0.29) is 63.7 Å². The van der Waals surface area contributed by atoms with Gasteiger partial charge in [-0.2, -0.15) is 0 Å². The fourth-order valence-electron chi connectivity index (χ4n) is 1.12. The second kappa shape index (κ2) is 14.4. The van der Waals surface area contributed by atoms with E-state index < -0.39 is 5.97 Å². The third-order valence-corrected chi connectivity index (χ3v) is 2.02. The van der Waals surface area contributed by atoms with Gasteiger partial charge < -0.3 is 15.2 Å². The molecule has 5 heteroatoms. The fourth-order valence-corrected chi connectivity index (χ4v) is 1.12. The van der Waals surface area contributed by atoms with Crippen LogP contribution in [0.3, 0.4) is 0 Å². The molecule has 0 rings (SSSR count). The minimum Gasteiger partial charge on any atom is -0.862 e. The van der Waals surface area contributed by atoms with Gasteiger partial charge >= 0.3 is 57.4 Å². The van der Waals surface area contributed by atoms with Crippen LogP contribution in [0.15, 0.2) is 17.1 Å². The van der Waals surface area contributed by atoms with E-state index in [0.717, 1.165) is 19.3 Å². The van der Waals surface area contributed by atoms with Crippen LogP contribution in [0, 0.1) is 0 Å². The molecule has 0 saturated heterocycles. The molecule has 0 aromatic carbocycles. The number of hydrogen-bond acceptors (Lipinski definition) is 3. The van der Waals surface area contributed by atoms with Crippen LogP contribution < -0.4 is 56.5 Å². The average Bonchev–Trinajstić information content (AvgIpc) is 2.24. The van der Waals surface area contributed by atoms with Crippen molar-refractivity contribution in [3.05, 3.63) is 12.2 Å². The number of allylic oxidation sites excluding steroid dienone is 1. The molecule has 92 valence electrons. The number of hydrogen-bond donors (Lipinski definition) is 1. The summed E-state index contributed by atoms with van der Waals surface area (Å²) >= 11 is 0. The van der Waals surface area contributed by atoms with E-state index in [1.807, 2.05) is 12.2 Å². The van der Waals surface area contributed by atoms with Crippen LogP contribution in [0.25, 0.3) is 0 Å². The van der Waals surface area contributed by atoms with E-state index in [0.29, 0.717) is 19.4 Å². The molecule has 0 bridgehead atoms. The second-order valence-corrected chi connectivity index (χ2v) is 3.59. The maximum atomic E-state index is 11.2. The van der Waals surface area contributed by atoms with Gasteiger partial charge in [-0.15, -0.1) is 0 Å². The van der Waals surface area contributed by atoms with Gasteiger partial charge in [-0.1, -0.05) is 31.9 Å². The third kappa shape index (κ3) is 16.3. The first kappa shape index (κ1) is 19.7. The standard InChI is InChI=1S/C12H21NO3.K/c1-2-3-4-5-6-8-11(14)13-10-7-9-12(15)16;/h5-6H,2-4,7-10H2,1H3,(H,13,14)(H,15,16);/q;+1/p-1/b6-5+;. The van der Waals surface area contributed by atoms with Crippen molar-refractivity contribution >= 4 is 11.9 Å². The Balaban J connectivity index is 0. The number of carboxylic acids is 1. The van der Waals surface area contributed by atoms with Crippen molar-refractivity contribution in [3.8, 4) is 0 Å². The maximum absolute atomic E-state index is 11.2. The Morgan fingerprint density at radius 3 is 2.65 bits per heavy atom. The largest absolute Gasteiger partial charge is 1.00 e. The van der Waals surface area contributed by atoms with Crippen molar-refractivity contribution < 1.29 is 66.4 Å². The SMILES string of the molecule is CCCC/C=C/CC([O-])=NCCCC(=O)O.[K+]. The molecule has 1 N–H and O–H groups in total. The smallest absolute Gasteiger partial charge is 0.862 e. The Hall–Kier alpha value is 0.316. The minimum atomic E-state index is -0.845. The van der Waals surface area contributed by atoms with Crippen molar-refractivity contribution in [2.24, 2.45) is 4.99 Å². The van der Waals surface area contributed by atoms with Crippen LogP contribution in [0.1, 0.15) is 45.4 Å². The predicted molar refractivity (Wildman–Crippen MR) is 62.5 cm³/mol. The summed E-state index contributed by atoms with van der Waals surface area (Å²) < 4.78 is 0. The zero-order valence-corrected chi connectivity index (χ0v) is 13.9. The van der Waals surface area contributed by atoms with Crippen molar-refractivity contribution in [2.45, 2.75) is 45.4 Å². The molecule has 0 spiro atoms. The third-order valence-electron chi connectivity index (χ3n) is 2.02. The maximum Gasteiger partial charge on any atom is 1.00 e. The Labute approximate surface area is 146 Å². The van der Waals surface area contributed by atoms with Crippen LogP contribution in [-0.2, 0) is 4.79 Å². The summed E-state index contributed by atoms with van der Waals surface area (Å²) in [6.07, 6.45) is 7.95. The number of nitrogens with zero attached hydrogens (tertiary/aromatic N) is 1. The van der Waals surface area contributed by atoms with Crippen LogP contribution in [0.2, 0.25) is 0 Å². The number of rotatable bonds is 9. The molecule has 0 aromatic heterocycles. The Kier molecular flexibility index (Phi) is 16.6. The minimum absolute atomic E-state index is 0. The molecule has 0 radical (unpaired) electrons. The summed E-state index contributed by atoms with van der Waals surface area (Å²) in [6.45, 7) is 2.44.